The summed E-state index contributed by atoms with van der Waals surface area (Å²) in [6.07, 6.45) is 1.47. The molecule has 0 N–H and O–H groups in total. The Bertz CT molecular complexity index is 955. The summed E-state index contributed by atoms with van der Waals surface area (Å²) in [7, 11) is 1.41. The Kier molecular flexibility index (Phi) is 5.22. The van der Waals surface area contributed by atoms with E-state index in [1.165, 1.54) is 7.11 Å². The van der Waals surface area contributed by atoms with Crippen molar-refractivity contribution in [3.63, 3.8) is 0 Å². The van der Waals surface area contributed by atoms with Gasteiger partial charge in [-0.05, 0) is 29.3 Å². The Morgan fingerprint density at radius 2 is 1.36 bits per heavy atom. The van der Waals surface area contributed by atoms with Gasteiger partial charge in [-0.3, -0.25) is 4.84 Å². The predicted octanol–water partition coefficient (Wildman–Crippen LogP) is 5.02. The fraction of sp³-hybridized carbons (Fsp3) is 0.125. The molecule has 0 saturated heterocycles. The smallest absolute Gasteiger partial charge is 0.336 e. The first-order valence-corrected chi connectivity index (χ1v) is 9.19. The topological polar surface area (TPSA) is 38.8 Å². The number of nitrogens with zero attached hydrogens (tertiary/aromatic N) is 1. The van der Waals surface area contributed by atoms with Gasteiger partial charge in [-0.1, -0.05) is 78.9 Å². The maximum atomic E-state index is 12.7. The van der Waals surface area contributed by atoms with Crippen molar-refractivity contribution in [3.05, 3.63) is 114 Å². The molecule has 0 fully saturated rings. The Morgan fingerprint density at radius 1 is 0.821 bits per heavy atom. The molecule has 1 aliphatic rings. The van der Waals surface area contributed by atoms with Gasteiger partial charge in [-0.25, -0.2) is 9.86 Å². The highest BCUT2D eigenvalue weighted by Crippen LogP contribution is 2.41. The van der Waals surface area contributed by atoms with E-state index in [1.54, 1.807) is 5.06 Å². The van der Waals surface area contributed by atoms with Gasteiger partial charge < -0.3 is 4.74 Å². The van der Waals surface area contributed by atoms with E-state index < -0.39 is 12.1 Å². The van der Waals surface area contributed by atoms with Gasteiger partial charge in [-0.15, -0.1) is 0 Å². The third-order valence-electron chi connectivity index (χ3n) is 4.76. The van der Waals surface area contributed by atoms with E-state index in [-0.39, 0.29) is 5.97 Å². The van der Waals surface area contributed by atoms with Crippen LogP contribution in [0.25, 0.3) is 0 Å². The number of hydrogen-bond acceptors (Lipinski definition) is 4. The predicted molar refractivity (Wildman–Crippen MR) is 108 cm³/mol. The molecule has 3 aromatic rings. The van der Waals surface area contributed by atoms with Crippen LogP contribution in [0.15, 0.2) is 103 Å². The van der Waals surface area contributed by atoms with Crippen LogP contribution in [0.1, 0.15) is 23.3 Å². The van der Waals surface area contributed by atoms with Gasteiger partial charge in [-0.2, -0.15) is 0 Å². The normalized spacial score (nSPS) is 19.0. The van der Waals surface area contributed by atoms with Gasteiger partial charge in [0.2, 0.25) is 0 Å². The molecule has 2 atom stereocenters. The Balaban J connectivity index is 1.87. The lowest BCUT2D eigenvalue weighted by Gasteiger charge is -2.39. The maximum Gasteiger partial charge on any atom is 0.336 e. The van der Waals surface area contributed by atoms with Crippen molar-refractivity contribution in [2.75, 3.05) is 12.2 Å². The summed E-state index contributed by atoms with van der Waals surface area (Å²) in [5.74, 6) is -0.362. The summed E-state index contributed by atoms with van der Waals surface area (Å²) in [5.41, 5.74) is 3.34. The lowest BCUT2D eigenvalue weighted by Crippen LogP contribution is -2.37. The summed E-state index contributed by atoms with van der Waals surface area (Å²) in [5, 5.41) is 1.80. The molecule has 1 heterocycles. The standard InChI is InChI=1S/C24H21NO3/c1-27-24(26)21-17-22(18-11-5-2-6-12-18)28-25(20-15-9-4-10-16-20)23(21)19-13-7-3-8-14-19/h2-17,22-23H,1H3/t22-,23-/m1/s1. The molecule has 0 saturated carbocycles. The molecule has 3 aromatic carbocycles. The van der Waals surface area contributed by atoms with Crippen molar-refractivity contribution in [2.24, 2.45) is 0 Å². The summed E-state index contributed by atoms with van der Waals surface area (Å²) >= 11 is 0. The van der Waals surface area contributed by atoms with Crippen LogP contribution in [0.5, 0.6) is 0 Å². The highest BCUT2D eigenvalue weighted by Gasteiger charge is 2.37. The summed E-state index contributed by atoms with van der Waals surface area (Å²) in [6, 6.07) is 29.1. The van der Waals surface area contributed by atoms with Crippen LogP contribution in [0.3, 0.4) is 0 Å². The number of para-hydroxylation sites is 1. The van der Waals surface area contributed by atoms with Gasteiger partial charge in [0.25, 0.3) is 0 Å². The van der Waals surface area contributed by atoms with Crippen molar-refractivity contribution in [2.45, 2.75) is 12.1 Å². The molecule has 4 nitrogen and oxygen atoms in total. The van der Waals surface area contributed by atoms with E-state index in [4.69, 9.17) is 9.57 Å². The summed E-state index contributed by atoms with van der Waals surface area (Å²) in [6.45, 7) is 0. The molecule has 0 aliphatic carbocycles. The molecule has 1 aliphatic heterocycles. The second-order valence-electron chi connectivity index (χ2n) is 6.52. The molecular formula is C24H21NO3. The number of hydrogen-bond donors (Lipinski definition) is 0. The largest absolute Gasteiger partial charge is 0.466 e. The second kappa shape index (κ2) is 8.11. The summed E-state index contributed by atoms with van der Waals surface area (Å²) < 4.78 is 5.12. The number of carbonyl (C=O) groups excluding carboxylic acids is 1. The molecular weight excluding hydrogens is 350 g/mol. The van der Waals surface area contributed by atoms with E-state index in [0.29, 0.717) is 5.57 Å². The van der Waals surface area contributed by atoms with Gasteiger partial charge in [0.15, 0.2) is 0 Å². The molecule has 140 valence electrons. The zero-order valence-electron chi connectivity index (χ0n) is 15.6. The number of benzene rings is 3. The van der Waals surface area contributed by atoms with Crippen molar-refractivity contribution >= 4 is 11.7 Å². The average Bonchev–Trinajstić information content (AvgIpc) is 2.79. The molecule has 4 rings (SSSR count). The number of carbonyl (C=O) groups is 1. The first-order chi connectivity index (χ1) is 13.8. The minimum Gasteiger partial charge on any atom is -0.466 e. The Labute approximate surface area is 164 Å². The minimum atomic E-state index is -0.406. The van der Waals surface area contributed by atoms with Crippen molar-refractivity contribution in [3.8, 4) is 0 Å². The van der Waals surface area contributed by atoms with Crippen LogP contribution in [-0.2, 0) is 14.4 Å². The molecule has 0 radical (unpaired) electrons. The highest BCUT2D eigenvalue weighted by atomic mass is 16.7. The SMILES string of the molecule is COC(=O)C1=C[C@H](c2ccccc2)ON(c2ccccc2)[C@@H]1c1ccccc1. The van der Waals surface area contributed by atoms with E-state index >= 15 is 0 Å². The zero-order chi connectivity index (χ0) is 19.3. The quantitative estimate of drug-likeness (QED) is 0.604. The maximum absolute atomic E-state index is 12.7. The van der Waals surface area contributed by atoms with Crippen molar-refractivity contribution < 1.29 is 14.4 Å². The molecule has 4 heteroatoms. The van der Waals surface area contributed by atoms with Crippen LogP contribution in [0.2, 0.25) is 0 Å². The lowest BCUT2D eigenvalue weighted by molar-refractivity contribution is -0.137. The Hall–Kier alpha value is -3.37. The van der Waals surface area contributed by atoms with E-state index in [2.05, 4.69) is 0 Å². The highest BCUT2D eigenvalue weighted by molar-refractivity contribution is 5.91. The minimum absolute atomic E-state index is 0.362. The molecule has 0 unspecified atom stereocenters. The number of hydroxylamine groups is 1. The van der Waals surface area contributed by atoms with Crippen LogP contribution >= 0.6 is 0 Å². The lowest BCUT2D eigenvalue weighted by atomic mass is 9.93. The Morgan fingerprint density at radius 3 is 1.93 bits per heavy atom. The first kappa shape index (κ1) is 18.0. The van der Waals surface area contributed by atoms with Gasteiger partial charge in [0.1, 0.15) is 12.1 Å². The van der Waals surface area contributed by atoms with Crippen LogP contribution in [0.4, 0.5) is 5.69 Å². The third-order valence-corrected chi connectivity index (χ3v) is 4.76. The van der Waals surface area contributed by atoms with E-state index in [9.17, 15) is 4.79 Å². The van der Waals surface area contributed by atoms with Crippen LogP contribution in [-0.4, -0.2) is 13.1 Å². The first-order valence-electron chi connectivity index (χ1n) is 9.19. The van der Waals surface area contributed by atoms with E-state index in [0.717, 1.165) is 16.8 Å². The van der Waals surface area contributed by atoms with E-state index in [1.807, 2.05) is 97.1 Å². The fourth-order valence-electron chi connectivity index (χ4n) is 3.43. The van der Waals surface area contributed by atoms with Crippen molar-refractivity contribution in [1.82, 2.24) is 0 Å². The fourth-order valence-corrected chi connectivity index (χ4v) is 3.43. The number of rotatable bonds is 4. The van der Waals surface area contributed by atoms with Gasteiger partial charge >= 0.3 is 5.97 Å². The molecule has 0 bridgehead atoms. The monoisotopic (exact) mass is 371 g/mol. The zero-order valence-corrected chi connectivity index (χ0v) is 15.6. The van der Waals surface area contributed by atoms with Crippen molar-refractivity contribution in [1.29, 1.82) is 0 Å². The molecule has 0 amide bonds. The molecule has 0 spiro atoms. The number of ether oxygens (including phenoxy) is 1. The third kappa shape index (κ3) is 3.55. The molecule has 0 aromatic heterocycles. The average molecular weight is 371 g/mol. The van der Waals surface area contributed by atoms with Gasteiger partial charge in [0.05, 0.1) is 18.4 Å². The number of methoxy groups -OCH3 is 1. The number of esters is 1. The van der Waals surface area contributed by atoms with Crippen LogP contribution in [0, 0.1) is 0 Å². The number of anilines is 1. The summed E-state index contributed by atoms with van der Waals surface area (Å²) in [4.78, 5) is 19.1. The molecule has 28 heavy (non-hydrogen) atoms. The van der Waals surface area contributed by atoms with Gasteiger partial charge in [0, 0.05) is 0 Å². The second-order valence-corrected chi connectivity index (χ2v) is 6.52. The van der Waals surface area contributed by atoms with Crippen LogP contribution < -0.4 is 5.06 Å².